The zero-order chi connectivity index (χ0) is 13.3. The van der Waals surface area contributed by atoms with Gasteiger partial charge < -0.3 is 25.6 Å². The quantitative estimate of drug-likeness (QED) is 0.335. The summed E-state index contributed by atoms with van der Waals surface area (Å²) in [6.45, 7) is 6.19. The summed E-state index contributed by atoms with van der Waals surface area (Å²) in [6.07, 6.45) is -1.60. The summed E-state index contributed by atoms with van der Waals surface area (Å²) >= 11 is 0. The fourth-order valence-electron chi connectivity index (χ4n) is 0.822. The number of aliphatic hydroxyl groups excluding tert-OH is 1. The van der Waals surface area contributed by atoms with Gasteiger partial charge in [-0.15, -0.1) is 0 Å². The van der Waals surface area contributed by atoms with Gasteiger partial charge in [0.25, 0.3) is 0 Å². The maximum Gasteiger partial charge on any atom is 0.334 e. The molecule has 17 heavy (non-hydrogen) atoms. The van der Waals surface area contributed by atoms with Crippen LogP contribution in [0.4, 0.5) is 4.79 Å². The Kier molecular flexibility index (Phi) is 7.74. The largest absolute Gasteiger partial charge is 0.479 e. The SMILES string of the molecule is C=C(C)COCCNC(=O)NCC(O)C(=O)O. The molecule has 0 aromatic heterocycles. The van der Waals surface area contributed by atoms with Crippen molar-refractivity contribution in [3.05, 3.63) is 12.2 Å². The van der Waals surface area contributed by atoms with Crippen LogP contribution in [0.3, 0.4) is 0 Å². The van der Waals surface area contributed by atoms with Gasteiger partial charge in [0.15, 0.2) is 6.10 Å². The van der Waals surface area contributed by atoms with E-state index in [-0.39, 0.29) is 6.54 Å². The first-order valence-corrected chi connectivity index (χ1v) is 5.08. The minimum absolute atomic E-state index is 0.294. The predicted molar refractivity (Wildman–Crippen MR) is 60.7 cm³/mol. The van der Waals surface area contributed by atoms with E-state index in [9.17, 15) is 9.59 Å². The van der Waals surface area contributed by atoms with Crippen LogP contribution < -0.4 is 10.6 Å². The smallest absolute Gasteiger partial charge is 0.334 e. The first kappa shape index (κ1) is 15.4. The van der Waals surface area contributed by atoms with E-state index in [2.05, 4.69) is 17.2 Å². The van der Waals surface area contributed by atoms with Crippen molar-refractivity contribution in [1.29, 1.82) is 0 Å². The van der Waals surface area contributed by atoms with Crippen molar-refractivity contribution >= 4 is 12.0 Å². The molecule has 0 bridgehead atoms. The summed E-state index contributed by atoms with van der Waals surface area (Å²) in [4.78, 5) is 21.3. The van der Waals surface area contributed by atoms with Crippen LogP contribution in [-0.4, -0.2) is 54.6 Å². The molecule has 0 radical (unpaired) electrons. The molecule has 0 aliphatic heterocycles. The number of aliphatic hydroxyl groups is 1. The molecule has 0 aliphatic carbocycles. The Hall–Kier alpha value is -1.60. The Morgan fingerprint density at radius 1 is 1.41 bits per heavy atom. The molecular formula is C10H18N2O5. The van der Waals surface area contributed by atoms with E-state index in [4.69, 9.17) is 14.9 Å². The number of carboxylic acids is 1. The third kappa shape index (κ3) is 9.34. The Morgan fingerprint density at radius 2 is 2.06 bits per heavy atom. The van der Waals surface area contributed by atoms with Crippen molar-refractivity contribution in [1.82, 2.24) is 10.6 Å². The first-order valence-electron chi connectivity index (χ1n) is 5.08. The molecule has 0 aliphatic rings. The van der Waals surface area contributed by atoms with Gasteiger partial charge in [-0.2, -0.15) is 0 Å². The van der Waals surface area contributed by atoms with Crippen molar-refractivity contribution in [2.24, 2.45) is 0 Å². The number of nitrogens with one attached hydrogen (secondary N) is 2. The van der Waals surface area contributed by atoms with Crippen LogP contribution >= 0.6 is 0 Å². The van der Waals surface area contributed by atoms with E-state index in [1.165, 1.54) is 0 Å². The molecule has 7 heteroatoms. The van der Waals surface area contributed by atoms with Crippen LogP contribution in [0.2, 0.25) is 0 Å². The van der Waals surface area contributed by atoms with Gasteiger partial charge in [-0.05, 0) is 6.92 Å². The molecule has 98 valence electrons. The Balaban J connectivity index is 3.47. The van der Waals surface area contributed by atoms with Crippen LogP contribution in [-0.2, 0) is 9.53 Å². The lowest BCUT2D eigenvalue weighted by Gasteiger charge is -2.09. The maximum absolute atomic E-state index is 11.1. The molecule has 0 rings (SSSR count). The summed E-state index contributed by atoms with van der Waals surface area (Å²) in [5.41, 5.74) is 0.888. The van der Waals surface area contributed by atoms with Crippen molar-refractivity contribution in [2.75, 3.05) is 26.3 Å². The van der Waals surface area contributed by atoms with Crippen molar-refractivity contribution in [3.8, 4) is 0 Å². The average Bonchev–Trinajstić information content (AvgIpc) is 2.24. The van der Waals surface area contributed by atoms with Gasteiger partial charge in [0.2, 0.25) is 0 Å². The summed E-state index contributed by atoms with van der Waals surface area (Å²) in [5.74, 6) is -1.38. The molecule has 1 atom stereocenters. The van der Waals surface area contributed by atoms with E-state index in [0.29, 0.717) is 19.8 Å². The number of amides is 2. The Bertz CT molecular complexity index is 280. The lowest BCUT2D eigenvalue weighted by Crippen LogP contribution is -2.42. The number of aliphatic carboxylic acids is 1. The second-order valence-electron chi connectivity index (χ2n) is 3.50. The summed E-state index contributed by atoms with van der Waals surface area (Å²) in [6, 6.07) is -0.552. The highest BCUT2D eigenvalue weighted by molar-refractivity contribution is 5.76. The molecule has 4 N–H and O–H groups in total. The Morgan fingerprint density at radius 3 is 2.59 bits per heavy atom. The summed E-state index contributed by atoms with van der Waals surface area (Å²) in [5, 5.41) is 21.9. The maximum atomic E-state index is 11.1. The number of carbonyl (C=O) groups excluding carboxylic acids is 1. The monoisotopic (exact) mass is 246 g/mol. The predicted octanol–water partition coefficient (Wildman–Crippen LogP) is -0.676. The number of carboxylic acid groups (broad SMARTS) is 1. The zero-order valence-corrected chi connectivity index (χ0v) is 9.73. The van der Waals surface area contributed by atoms with E-state index in [0.717, 1.165) is 5.57 Å². The second kappa shape index (κ2) is 8.54. The molecule has 0 saturated heterocycles. The van der Waals surface area contributed by atoms with E-state index < -0.39 is 18.1 Å². The van der Waals surface area contributed by atoms with Crippen molar-refractivity contribution < 1.29 is 24.5 Å². The van der Waals surface area contributed by atoms with Gasteiger partial charge in [0, 0.05) is 6.54 Å². The molecule has 0 fully saturated rings. The average molecular weight is 246 g/mol. The topological polar surface area (TPSA) is 108 Å². The van der Waals surface area contributed by atoms with Gasteiger partial charge in [-0.1, -0.05) is 12.2 Å². The van der Waals surface area contributed by atoms with Crippen LogP contribution in [0, 0.1) is 0 Å². The fraction of sp³-hybridized carbons (Fsp3) is 0.600. The van der Waals surface area contributed by atoms with Crippen LogP contribution in [0.15, 0.2) is 12.2 Å². The lowest BCUT2D eigenvalue weighted by molar-refractivity contribution is -0.146. The second-order valence-corrected chi connectivity index (χ2v) is 3.50. The molecule has 0 saturated carbocycles. The van der Waals surface area contributed by atoms with Crippen molar-refractivity contribution in [3.63, 3.8) is 0 Å². The normalized spacial score (nSPS) is 11.6. The molecule has 0 spiro atoms. The summed E-state index contributed by atoms with van der Waals surface area (Å²) in [7, 11) is 0. The van der Waals surface area contributed by atoms with Crippen LogP contribution in [0.1, 0.15) is 6.92 Å². The minimum atomic E-state index is -1.60. The highest BCUT2D eigenvalue weighted by Crippen LogP contribution is 1.86. The minimum Gasteiger partial charge on any atom is -0.479 e. The van der Waals surface area contributed by atoms with Crippen LogP contribution in [0.5, 0.6) is 0 Å². The van der Waals surface area contributed by atoms with Gasteiger partial charge in [-0.25, -0.2) is 9.59 Å². The first-order chi connectivity index (χ1) is 7.93. The molecule has 0 heterocycles. The summed E-state index contributed by atoms with van der Waals surface area (Å²) < 4.78 is 5.12. The van der Waals surface area contributed by atoms with E-state index in [1.54, 1.807) is 0 Å². The lowest BCUT2D eigenvalue weighted by atomic mass is 10.4. The number of rotatable bonds is 8. The molecule has 2 amide bonds. The number of ether oxygens (including phenoxy) is 1. The highest BCUT2D eigenvalue weighted by Gasteiger charge is 2.13. The zero-order valence-electron chi connectivity index (χ0n) is 9.73. The third-order valence-corrected chi connectivity index (χ3v) is 1.62. The molecule has 7 nitrogen and oxygen atoms in total. The van der Waals surface area contributed by atoms with E-state index in [1.807, 2.05) is 6.92 Å². The number of hydrogen-bond donors (Lipinski definition) is 4. The number of carbonyl (C=O) groups is 2. The van der Waals surface area contributed by atoms with Gasteiger partial charge in [0.05, 0.1) is 19.8 Å². The third-order valence-electron chi connectivity index (χ3n) is 1.62. The van der Waals surface area contributed by atoms with Crippen LogP contribution in [0.25, 0.3) is 0 Å². The highest BCUT2D eigenvalue weighted by atomic mass is 16.5. The van der Waals surface area contributed by atoms with Gasteiger partial charge in [0.1, 0.15) is 0 Å². The standard InChI is InChI=1S/C10H18N2O5/c1-7(2)6-17-4-3-11-10(16)12-5-8(13)9(14)15/h8,13H,1,3-6H2,2H3,(H,14,15)(H2,11,12,16). The van der Waals surface area contributed by atoms with Gasteiger partial charge in [-0.3, -0.25) is 0 Å². The van der Waals surface area contributed by atoms with E-state index >= 15 is 0 Å². The molecular weight excluding hydrogens is 228 g/mol. The van der Waals surface area contributed by atoms with Crippen molar-refractivity contribution in [2.45, 2.75) is 13.0 Å². The molecule has 0 aromatic carbocycles. The fourth-order valence-corrected chi connectivity index (χ4v) is 0.822. The van der Waals surface area contributed by atoms with Gasteiger partial charge >= 0.3 is 12.0 Å². The number of hydrogen-bond acceptors (Lipinski definition) is 4. The molecule has 0 aromatic rings. The Labute approximate surface area is 99.5 Å². The number of urea groups is 1. The molecule has 1 unspecified atom stereocenters.